The van der Waals surface area contributed by atoms with Crippen LogP contribution in [0.3, 0.4) is 0 Å². The summed E-state index contributed by atoms with van der Waals surface area (Å²) >= 11 is 0. The van der Waals surface area contributed by atoms with Crippen LogP contribution in [0.2, 0.25) is 0 Å². The quantitative estimate of drug-likeness (QED) is 0.250. The molecule has 1 aliphatic heterocycles. The predicted molar refractivity (Wildman–Crippen MR) is 148 cm³/mol. The van der Waals surface area contributed by atoms with Gasteiger partial charge in [-0.25, -0.2) is 19.2 Å². The van der Waals surface area contributed by atoms with E-state index in [4.69, 9.17) is 18.9 Å². The molecule has 0 bridgehead atoms. The molecule has 1 aliphatic rings. The Kier molecular flexibility index (Phi) is 8.39. The summed E-state index contributed by atoms with van der Waals surface area (Å²) in [4.78, 5) is 66.2. The van der Waals surface area contributed by atoms with Gasteiger partial charge in [0, 0.05) is 11.8 Å². The number of aromatic nitrogens is 2. The molecule has 0 saturated carbocycles. The number of ether oxygens (including phenoxy) is 4. The van der Waals surface area contributed by atoms with E-state index in [1.165, 1.54) is 25.3 Å². The lowest BCUT2D eigenvalue weighted by atomic mass is 10.1. The van der Waals surface area contributed by atoms with Crippen molar-refractivity contribution in [2.75, 3.05) is 6.61 Å². The monoisotopic (exact) mass is 570 g/mol. The highest BCUT2D eigenvalue weighted by atomic mass is 16.7. The van der Waals surface area contributed by atoms with E-state index in [1.54, 1.807) is 78.9 Å². The number of benzene rings is 3. The molecule has 42 heavy (non-hydrogen) atoms. The summed E-state index contributed by atoms with van der Waals surface area (Å²) in [5.41, 5.74) is -0.564. The average molecular weight is 571 g/mol. The SMILES string of the molecule is Cc1cn([C@H]2O[C@H](COC(=O)c3ccccc3)[C@@H](OC(=O)c3ccccc3)[C@@H]2OC(=O)c2ccccc2)c(=O)[nH]c1=O. The van der Waals surface area contributed by atoms with Crippen molar-refractivity contribution < 1.29 is 33.3 Å². The van der Waals surface area contributed by atoms with E-state index in [1.807, 2.05) is 0 Å². The first kappa shape index (κ1) is 28.2. The molecule has 0 amide bonds. The van der Waals surface area contributed by atoms with Crippen LogP contribution >= 0.6 is 0 Å². The summed E-state index contributed by atoms with van der Waals surface area (Å²) in [6.45, 7) is 1.08. The van der Waals surface area contributed by atoms with E-state index in [0.29, 0.717) is 0 Å². The van der Waals surface area contributed by atoms with Crippen molar-refractivity contribution in [3.05, 3.63) is 140 Å². The van der Waals surface area contributed by atoms with Crippen LogP contribution in [0.4, 0.5) is 0 Å². The van der Waals surface area contributed by atoms with Crippen LogP contribution < -0.4 is 11.2 Å². The summed E-state index contributed by atoms with van der Waals surface area (Å²) in [7, 11) is 0. The summed E-state index contributed by atoms with van der Waals surface area (Å²) in [6, 6.07) is 24.4. The molecule has 4 atom stereocenters. The first-order chi connectivity index (χ1) is 20.3. The Labute approximate surface area is 239 Å². The smallest absolute Gasteiger partial charge is 0.338 e. The van der Waals surface area contributed by atoms with Crippen LogP contribution in [-0.4, -0.2) is 52.4 Å². The first-order valence-corrected chi connectivity index (χ1v) is 13.0. The third kappa shape index (κ3) is 6.21. The van der Waals surface area contributed by atoms with E-state index in [-0.39, 0.29) is 22.3 Å². The van der Waals surface area contributed by atoms with Crippen molar-refractivity contribution in [3.63, 3.8) is 0 Å². The fourth-order valence-electron chi connectivity index (χ4n) is 4.46. The minimum atomic E-state index is -1.38. The maximum atomic E-state index is 13.2. The Morgan fingerprint density at radius 2 is 1.21 bits per heavy atom. The number of esters is 3. The highest BCUT2D eigenvalue weighted by molar-refractivity contribution is 5.91. The number of hydrogen-bond donors (Lipinski definition) is 1. The fraction of sp³-hybridized carbons (Fsp3) is 0.194. The first-order valence-electron chi connectivity index (χ1n) is 13.0. The maximum Gasteiger partial charge on any atom is 0.338 e. The number of hydrogen-bond acceptors (Lipinski definition) is 9. The summed E-state index contributed by atoms with van der Waals surface area (Å²) in [5, 5.41) is 0. The number of nitrogens with one attached hydrogen (secondary N) is 1. The van der Waals surface area contributed by atoms with Crippen molar-refractivity contribution in [3.8, 4) is 0 Å². The lowest BCUT2D eigenvalue weighted by Crippen LogP contribution is -2.43. The molecule has 5 rings (SSSR count). The van der Waals surface area contributed by atoms with E-state index in [2.05, 4.69) is 4.98 Å². The van der Waals surface area contributed by atoms with E-state index in [9.17, 15) is 24.0 Å². The molecule has 0 spiro atoms. The predicted octanol–water partition coefficient (Wildman–Crippen LogP) is 3.05. The number of carbonyl (C=O) groups is 3. The van der Waals surface area contributed by atoms with Gasteiger partial charge in [-0.15, -0.1) is 0 Å². The van der Waals surface area contributed by atoms with Gasteiger partial charge in [-0.3, -0.25) is 14.3 Å². The molecule has 11 heteroatoms. The van der Waals surface area contributed by atoms with E-state index in [0.717, 1.165) is 4.57 Å². The molecule has 2 heterocycles. The number of nitrogens with zero attached hydrogens (tertiary/aromatic N) is 1. The number of rotatable bonds is 8. The highest BCUT2D eigenvalue weighted by Crippen LogP contribution is 2.34. The molecule has 0 aliphatic carbocycles. The minimum Gasteiger partial charge on any atom is -0.459 e. The average Bonchev–Trinajstić information content (AvgIpc) is 3.34. The third-order valence-corrected chi connectivity index (χ3v) is 6.60. The fourth-order valence-corrected chi connectivity index (χ4v) is 4.46. The number of H-pyrrole nitrogens is 1. The van der Waals surface area contributed by atoms with Gasteiger partial charge < -0.3 is 18.9 Å². The van der Waals surface area contributed by atoms with Gasteiger partial charge in [0.1, 0.15) is 12.7 Å². The topological polar surface area (TPSA) is 143 Å². The summed E-state index contributed by atoms with van der Waals surface area (Å²) < 4.78 is 24.3. The highest BCUT2D eigenvalue weighted by Gasteiger charge is 2.51. The van der Waals surface area contributed by atoms with Gasteiger partial charge in [-0.05, 0) is 43.3 Å². The van der Waals surface area contributed by atoms with E-state index < -0.39 is 60.3 Å². The molecular weight excluding hydrogens is 544 g/mol. The van der Waals surface area contributed by atoms with Crippen LogP contribution in [0, 0.1) is 6.92 Å². The molecule has 11 nitrogen and oxygen atoms in total. The van der Waals surface area contributed by atoms with Gasteiger partial charge in [-0.1, -0.05) is 54.6 Å². The standard InChI is InChI=1S/C31H26N2O9/c1-19-17-33(31(38)32-26(19)34)27-25(42-30(37)22-15-9-4-10-16-22)24(41-29(36)21-13-7-3-8-14-21)23(40-27)18-39-28(35)20-11-5-2-6-12-20/h2-17,23-25,27H,18H2,1H3,(H,32,34,38)/t23-,24-,25+,27+/m1/s1. The van der Waals surface area contributed by atoms with Crippen molar-refractivity contribution in [2.24, 2.45) is 0 Å². The van der Waals surface area contributed by atoms with Crippen molar-refractivity contribution in [1.82, 2.24) is 9.55 Å². The summed E-state index contributed by atoms with van der Waals surface area (Å²) in [6.07, 6.45) is -3.96. The number of carbonyl (C=O) groups excluding carboxylic acids is 3. The molecule has 0 radical (unpaired) electrons. The van der Waals surface area contributed by atoms with E-state index >= 15 is 0 Å². The van der Waals surface area contributed by atoms with Gasteiger partial charge in [0.25, 0.3) is 5.56 Å². The van der Waals surface area contributed by atoms with Crippen LogP contribution in [0.25, 0.3) is 0 Å². The molecular formula is C31H26N2O9. The largest absolute Gasteiger partial charge is 0.459 e. The Bertz CT molecular complexity index is 1680. The zero-order chi connectivity index (χ0) is 29.6. The molecule has 1 saturated heterocycles. The zero-order valence-electron chi connectivity index (χ0n) is 22.4. The van der Waals surface area contributed by atoms with Crippen LogP contribution in [0.5, 0.6) is 0 Å². The Morgan fingerprint density at radius 1 is 0.738 bits per heavy atom. The Morgan fingerprint density at radius 3 is 1.74 bits per heavy atom. The normalized spacial score (nSPS) is 19.5. The lowest BCUT2D eigenvalue weighted by Gasteiger charge is -2.25. The van der Waals surface area contributed by atoms with Gasteiger partial charge in [0.15, 0.2) is 18.4 Å². The second kappa shape index (κ2) is 12.5. The number of aromatic amines is 1. The van der Waals surface area contributed by atoms with Gasteiger partial charge in [0.2, 0.25) is 0 Å². The van der Waals surface area contributed by atoms with Crippen molar-refractivity contribution in [1.29, 1.82) is 0 Å². The number of aryl methyl sites for hydroxylation is 1. The Balaban J connectivity index is 1.52. The molecule has 0 unspecified atom stereocenters. The minimum absolute atomic E-state index is 0.183. The molecule has 4 aromatic rings. The molecule has 3 aromatic carbocycles. The zero-order valence-corrected chi connectivity index (χ0v) is 22.4. The van der Waals surface area contributed by atoms with Crippen LogP contribution in [0.1, 0.15) is 42.9 Å². The second-order valence-corrected chi connectivity index (χ2v) is 9.48. The van der Waals surface area contributed by atoms with Crippen LogP contribution in [0.15, 0.2) is 107 Å². The summed E-state index contributed by atoms with van der Waals surface area (Å²) in [5.74, 6) is -2.19. The molecule has 1 fully saturated rings. The van der Waals surface area contributed by atoms with Gasteiger partial charge in [0.05, 0.1) is 16.7 Å². The lowest BCUT2D eigenvalue weighted by molar-refractivity contribution is -0.0640. The van der Waals surface area contributed by atoms with Crippen molar-refractivity contribution in [2.45, 2.75) is 31.5 Å². The van der Waals surface area contributed by atoms with Gasteiger partial charge >= 0.3 is 23.6 Å². The molecule has 214 valence electrons. The molecule has 1 N–H and O–H groups in total. The maximum absolute atomic E-state index is 13.2. The van der Waals surface area contributed by atoms with Crippen LogP contribution in [-0.2, 0) is 18.9 Å². The van der Waals surface area contributed by atoms with Gasteiger partial charge in [-0.2, -0.15) is 0 Å². The molecule has 1 aromatic heterocycles. The second-order valence-electron chi connectivity index (χ2n) is 9.48. The third-order valence-electron chi connectivity index (χ3n) is 6.60. The van der Waals surface area contributed by atoms with Crippen molar-refractivity contribution >= 4 is 17.9 Å². The Hall–Kier alpha value is -5.29.